The Morgan fingerprint density at radius 1 is 1.05 bits per heavy atom. The minimum Gasteiger partial charge on any atom is -0.432 e. The van der Waals surface area contributed by atoms with E-state index in [-0.39, 0.29) is 18.9 Å². The first-order chi connectivity index (χ1) is 17.3. The van der Waals surface area contributed by atoms with E-state index in [1.54, 1.807) is 0 Å². The number of amides is 1. The van der Waals surface area contributed by atoms with Gasteiger partial charge in [0.05, 0.1) is 12.5 Å². The first-order valence-corrected chi connectivity index (χ1v) is 23.2. The van der Waals surface area contributed by atoms with E-state index in [1.807, 2.05) is 55.6 Å². The van der Waals surface area contributed by atoms with Gasteiger partial charge in [-0.1, -0.05) is 50.3 Å². The van der Waals surface area contributed by atoms with Crippen LogP contribution >= 0.6 is 0 Å². The molecule has 0 saturated carbocycles. The summed E-state index contributed by atoms with van der Waals surface area (Å²) in [6.45, 7) is 20.9. The van der Waals surface area contributed by atoms with Gasteiger partial charge in [-0.25, -0.2) is 5.06 Å². The second kappa shape index (κ2) is 10.4. The Bertz CT molecular complexity index is 1080. The van der Waals surface area contributed by atoms with Gasteiger partial charge in [-0.2, -0.15) is 5.26 Å². The number of nitrogens with zero attached hydrogens (tertiary/aromatic N) is 2. The molecule has 1 spiro atoms. The molecular formula is C28H46N2O5Si3. The zero-order valence-electron chi connectivity index (χ0n) is 24.8. The van der Waals surface area contributed by atoms with Gasteiger partial charge in [-0.05, 0) is 75.5 Å². The molecule has 1 aliphatic heterocycles. The van der Waals surface area contributed by atoms with Crippen LogP contribution in [0.2, 0.25) is 57.4 Å². The Morgan fingerprint density at radius 2 is 1.66 bits per heavy atom. The molecule has 1 heterocycles. The largest absolute Gasteiger partial charge is 0.432 e. The smallest absolute Gasteiger partial charge is 0.249 e. The summed E-state index contributed by atoms with van der Waals surface area (Å²) in [5, 5.41) is 11.7. The predicted molar refractivity (Wildman–Crippen MR) is 157 cm³/mol. The quantitative estimate of drug-likeness (QED) is 0.210. The number of hydrogen-bond acceptors (Lipinski definition) is 6. The first kappa shape index (κ1) is 30.9. The van der Waals surface area contributed by atoms with E-state index >= 15 is 0 Å². The number of β-lactam (4-membered cyclic amide) rings is 1. The normalized spacial score (nSPS) is 28.4. The first-order valence-electron chi connectivity index (χ1n) is 13.5. The van der Waals surface area contributed by atoms with Crippen molar-refractivity contribution in [2.45, 2.75) is 108 Å². The lowest BCUT2D eigenvalue weighted by Gasteiger charge is -2.60. The van der Waals surface area contributed by atoms with Gasteiger partial charge in [0.25, 0.3) is 0 Å². The molecule has 2 aliphatic rings. The van der Waals surface area contributed by atoms with Crippen molar-refractivity contribution in [3.8, 4) is 6.07 Å². The van der Waals surface area contributed by atoms with Crippen molar-refractivity contribution in [2.75, 3.05) is 0 Å². The SMILES string of the molecule is CC(C)(C[C@H]1[C@@H](O[Si](C)(C)C)[C@]2(C=C[C@]1(C#N)O[Si](C)(C)C)CC(=O)N2OCc1ccccc1)[Si](C)(C)O. The third kappa shape index (κ3) is 6.41. The molecule has 0 radical (unpaired) electrons. The van der Waals surface area contributed by atoms with E-state index in [0.29, 0.717) is 6.42 Å². The van der Waals surface area contributed by atoms with Gasteiger partial charge in [0.15, 0.2) is 30.6 Å². The van der Waals surface area contributed by atoms with Crippen molar-refractivity contribution in [3.63, 3.8) is 0 Å². The number of carbonyl (C=O) groups excluding carboxylic acids is 1. The predicted octanol–water partition coefficient (Wildman–Crippen LogP) is 5.98. The molecule has 1 saturated heterocycles. The molecule has 0 unspecified atom stereocenters. The fourth-order valence-corrected chi connectivity index (χ4v) is 8.35. The molecule has 1 aromatic carbocycles. The maximum atomic E-state index is 13.0. The van der Waals surface area contributed by atoms with Crippen molar-refractivity contribution in [2.24, 2.45) is 5.92 Å². The molecule has 1 aliphatic carbocycles. The fraction of sp³-hybridized carbons (Fsp3) is 0.643. The van der Waals surface area contributed by atoms with Crippen molar-refractivity contribution in [3.05, 3.63) is 48.0 Å². The summed E-state index contributed by atoms with van der Waals surface area (Å²) in [5.74, 6) is -0.527. The van der Waals surface area contributed by atoms with Crippen LogP contribution in [-0.2, 0) is 25.1 Å². The van der Waals surface area contributed by atoms with Crippen LogP contribution in [0.5, 0.6) is 0 Å². The van der Waals surface area contributed by atoms with Crippen LogP contribution in [0.25, 0.3) is 0 Å². The average molecular weight is 575 g/mol. The summed E-state index contributed by atoms with van der Waals surface area (Å²) in [5.41, 5.74) is -1.12. The Balaban J connectivity index is 2.15. The molecule has 7 nitrogen and oxygen atoms in total. The molecule has 1 aromatic rings. The van der Waals surface area contributed by atoms with Gasteiger partial charge >= 0.3 is 0 Å². The minimum absolute atomic E-state index is 0.111. The van der Waals surface area contributed by atoms with Crippen LogP contribution in [0.4, 0.5) is 0 Å². The Morgan fingerprint density at radius 3 is 2.13 bits per heavy atom. The third-order valence-electron chi connectivity index (χ3n) is 7.79. The van der Waals surface area contributed by atoms with Crippen LogP contribution in [0, 0.1) is 17.2 Å². The number of benzene rings is 1. The van der Waals surface area contributed by atoms with Crippen molar-refractivity contribution >= 4 is 30.9 Å². The summed E-state index contributed by atoms with van der Waals surface area (Å²) in [6.07, 6.45) is 4.01. The van der Waals surface area contributed by atoms with E-state index in [9.17, 15) is 14.9 Å². The molecular weight excluding hydrogens is 529 g/mol. The van der Waals surface area contributed by atoms with E-state index in [1.165, 1.54) is 5.06 Å². The molecule has 1 amide bonds. The molecule has 1 fully saturated rings. The van der Waals surface area contributed by atoms with E-state index < -0.39 is 53.2 Å². The van der Waals surface area contributed by atoms with Crippen molar-refractivity contribution < 1.29 is 23.3 Å². The van der Waals surface area contributed by atoms with E-state index in [0.717, 1.165) is 5.56 Å². The van der Waals surface area contributed by atoms with Gasteiger partial charge in [0, 0.05) is 5.92 Å². The van der Waals surface area contributed by atoms with Gasteiger partial charge in [0.2, 0.25) is 5.91 Å². The molecule has 1 N–H and O–H groups in total. The van der Waals surface area contributed by atoms with E-state index in [4.69, 9.17) is 13.7 Å². The third-order valence-corrected chi connectivity index (χ3v) is 13.2. The van der Waals surface area contributed by atoms with Crippen molar-refractivity contribution in [1.29, 1.82) is 5.26 Å². The van der Waals surface area contributed by atoms with Gasteiger partial charge in [-0.15, -0.1) is 0 Å². The zero-order chi connectivity index (χ0) is 28.8. The highest BCUT2D eigenvalue weighted by molar-refractivity contribution is 6.73. The Hall–Kier alpha value is -1.59. The molecule has 0 bridgehead atoms. The van der Waals surface area contributed by atoms with Crippen LogP contribution < -0.4 is 0 Å². The molecule has 38 heavy (non-hydrogen) atoms. The molecule has 0 aromatic heterocycles. The summed E-state index contributed by atoms with van der Waals surface area (Å²) in [4.78, 5) is 30.5. The van der Waals surface area contributed by atoms with Gasteiger partial charge in [0.1, 0.15) is 18.2 Å². The van der Waals surface area contributed by atoms with Crippen LogP contribution in [0.1, 0.15) is 32.3 Å². The fourth-order valence-electron chi connectivity index (χ4n) is 5.22. The number of hydroxylamine groups is 2. The van der Waals surface area contributed by atoms with Crippen LogP contribution in [-0.4, -0.2) is 58.0 Å². The Kier molecular flexibility index (Phi) is 8.49. The highest BCUT2D eigenvalue weighted by atomic mass is 28.4. The second-order valence-electron chi connectivity index (χ2n) is 14.0. The summed E-state index contributed by atoms with van der Waals surface area (Å²) in [6, 6.07) is 12.3. The standard InChI is InChI=1S/C28H46N2O5Si3/c1-26(2,38(9,10)32)18-23-25(34-36(3,4)5)27(16-17-28(23,21-29)35-37(6,7)8)19-24(31)30(27)33-20-22-14-12-11-13-15-22/h11-17,23,25,32H,18-20H2,1-10H3/t23-,25+,27-,28+/m0/s1. The maximum absolute atomic E-state index is 13.0. The number of carbonyl (C=O) groups is 1. The maximum Gasteiger partial charge on any atom is 0.249 e. The van der Waals surface area contributed by atoms with Gasteiger partial charge in [-0.3, -0.25) is 9.63 Å². The lowest BCUT2D eigenvalue weighted by molar-refractivity contribution is -0.276. The number of nitriles is 1. The van der Waals surface area contributed by atoms with Gasteiger partial charge < -0.3 is 13.6 Å². The summed E-state index contributed by atoms with van der Waals surface area (Å²) >= 11 is 0. The number of hydrogen-bond donors (Lipinski definition) is 1. The summed E-state index contributed by atoms with van der Waals surface area (Å²) in [7, 11) is -7.04. The number of rotatable bonds is 10. The minimum atomic E-state index is -2.65. The lowest BCUT2D eigenvalue weighted by Crippen LogP contribution is -2.74. The topological polar surface area (TPSA) is 92.0 Å². The highest BCUT2D eigenvalue weighted by Gasteiger charge is 2.66. The molecule has 210 valence electrons. The monoisotopic (exact) mass is 574 g/mol. The second-order valence-corrected chi connectivity index (χ2v) is 27.3. The molecule has 10 heteroatoms. The average Bonchev–Trinajstić information content (AvgIpc) is 2.75. The molecule has 3 rings (SSSR count). The Labute approximate surface area is 232 Å². The summed E-state index contributed by atoms with van der Waals surface area (Å²) < 4.78 is 13.6. The van der Waals surface area contributed by atoms with Crippen molar-refractivity contribution in [1.82, 2.24) is 5.06 Å². The highest BCUT2D eigenvalue weighted by Crippen LogP contribution is 2.55. The van der Waals surface area contributed by atoms with Crippen LogP contribution in [0.3, 0.4) is 0 Å². The zero-order valence-corrected chi connectivity index (χ0v) is 27.8. The molecule has 4 atom stereocenters. The lowest BCUT2D eigenvalue weighted by atomic mass is 9.64. The van der Waals surface area contributed by atoms with Crippen LogP contribution in [0.15, 0.2) is 42.5 Å². The van der Waals surface area contributed by atoms with E-state index in [2.05, 4.69) is 59.2 Å².